The molecule has 0 aliphatic rings. The van der Waals surface area contributed by atoms with Crippen LogP contribution in [-0.2, 0) is 6.54 Å². The number of hydrogen-bond donors (Lipinski definition) is 2. The average molecular weight is 291 g/mol. The van der Waals surface area contributed by atoms with E-state index in [-0.39, 0.29) is 5.91 Å². The predicted octanol–water partition coefficient (Wildman–Crippen LogP) is 2.28. The number of anilines is 1. The molecule has 0 spiro atoms. The van der Waals surface area contributed by atoms with E-state index in [9.17, 15) is 4.79 Å². The number of benzene rings is 1. The van der Waals surface area contributed by atoms with E-state index >= 15 is 0 Å². The van der Waals surface area contributed by atoms with Crippen molar-refractivity contribution in [1.82, 2.24) is 10.3 Å². The summed E-state index contributed by atoms with van der Waals surface area (Å²) in [5.74, 6) is 0.525. The topological polar surface area (TPSA) is 77.2 Å². The lowest BCUT2D eigenvalue weighted by Crippen LogP contribution is -2.22. The van der Waals surface area contributed by atoms with E-state index in [1.165, 1.54) is 11.3 Å². The van der Waals surface area contributed by atoms with Crippen molar-refractivity contribution in [2.45, 2.75) is 20.4 Å². The molecule has 0 unspecified atom stereocenters. The highest BCUT2D eigenvalue weighted by Gasteiger charge is 2.13. The van der Waals surface area contributed by atoms with Gasteiger partial charge in [0.05, 0.1) is 23.5 Å². The summed E-state index contributed by atoms with van der Waals surface area (Å²) >= 11 is 1.40. The molecule has 0 saturated heterocycles. The summed E-state index contributed by atoms with van der Waals surface area (Å²) in [4.78, 5) is 17.0. The number of aryl methyl sites for hydroxylation is 2. The van der Waals surface area contributed by atoms with E-state index in [0.29, 0.717) is 22.9 Å². The molecular weight excluding hydrogens is 274 g/mol. The summed E-state index contributed by atoms with van der Waals surface area (Å²) in [6, 6.07) is 5.46. The normalized spacial score (nSPS) is 10.3. The number of carbonyl (C=O) groups is 1. The van der Waals surface area contributed by atoms with Crippen LogP contribution in [0.3, 0.4) is 0 Å². The molecule has 0 fully saturated rings. The van der Waals surface area contributed by atoms with E-state index in [1.807, 2.05) is 19.9 Å². The lowest BCUT2D eigenvalue weighted by Gasteiger charge is -2.08. The molecule has 5 nitrogen and oxygen atoms in total. The fourth-order valence-electron chi connectivity index (χ4n) is 1.90. The monoisotopic (exact) mass is 291 g/mol. The number of nitrogens with one attached hydrogen (secondary N) is 1. The van der Waals surface area contributed by atoms with Crippen molar-refractivity contribution in [3.63, 3.8) is 0 Å². The van der Waals surface area contributed by atoms with E-state index in [1.54, 1.807) is 19.2 Å². The summed E-state index contributed by atoms with van der Waals surface area (Å²) < 4.78 is 5.09. The van der Waals surface area contributed by atoms with Crippen molar-refractivity contribution in [2.24, 2.45) is 0 Å². The SMILES string of the molecule is COc1ccc(CNC(=O)c2sc(C)nc2C)cc1N. The molecule has 1 aromatic heterocycles. The molecule has 20 heavy (non-hydrogen) atoms. The first-order chi connectivity index (χ1) is 9.51. The van der Waals surface area contributed by atoms with Crippen molar-refractivity contribution >= 4 is 22.9 Å². The van der Waals surface area contributed by atoms with Crippen molar-refractivity contribution in [3.8, 4) is 5.75 Å². The molecule has 3 N–H and O–H groups in total. The molecule has 0 bridgehead atoms. The lowest BCUT2D eigenvalue weighted by atomic mass is 10.2. The second-order valence-corrected chi connectivity index (χ2v) is 5.61. The first-order valence-corrected chi connectivity index (χ1v) is 6.97. The summed E-state index contributed by atoms with van der Waals surface area (Å²) in [6.45, 7) is 4.14. The minimum absolute atomic E-state index is 0.109. The Morgan fingerprint density at radius 2 is 2.20 bits per heavy atom. The number of thiazole rings is 1. The Bertz CT molecular complexity index is 637. The number of rotatable bonds is 4. The third kappa shape index (κ3) is 3.08. The maximum absolute atomic E-state index is 12.1. The number of hydrogen-bond acceptors (Lipinski definition) is 5. The number of methoxy groups -OCH3 is 1. The molecule has 0 atom stereocenters. The Hall–Kier alpha value is -2.08. The number of amides is 1. The Morgan fingerprint density at radius 3 is 2.75 bits per heavy atom. The molecule has 2 aromatic rings. The van der Waals surface area contributed by atoms with Gasteiger partial charge in [-0.15, -0.1) is 11.3 Å². The lowest BCUT2D eigenvalue weighted by molar-refractivity contribution is 0.0954. The van der Waals surface area contributed by atoms with Gasteiger partial charge in [0.25, 0.3) is 5.91 Å². The second kappa shape index (κ2) is 5.92. The van der Waals surface area contributed by atoms with Crippen LogP contribution in [0.1, 0.15) is 25.9 Å². The van der Waals surface area contributed by atoms with Gasteiger partial charge in [-0.1, -0.05) is 6.07 Å². The van der Waals surface area contributed by atoms with E-state index in [4.69, 9.17) is 10.5 Å². The Kier molecular flexibility index (Phi) is 4.24. The summed E-state index contributed by atoms with van der Waals surface area (Å²) in [6.07, 6.45) is 0. The number of aromatic nitrogens is 1. The molecule has 1 heterocycles. The Balaban J connectivity index is 2.03. The minimum atomic E-state index is -0.109. The minimum Gasteiger partial charge on any atom is -0.495 e. The maximum Gasteiger partial charge on any atom is 0.263 e. The summed E-state index contributed by atoms with van der Waals surface area (Å²) in [5, 5.41) is 3.76. The van der Waals surface area contributed by atoms with Crippen LogP contribution < -0.4 is 15.8 Å². The van der Waals surface area contributed by atoms with Gasteiger partial charge in [0.2, 0.25) is 0 Å². The average Bonchev–Trinajstić information content (AvgIpc) is 2.75. The molecule has 0 aliphatic heterocycles. The van der Waals surface area contributed by atoms with Crippen molar-refractivity contribution in [3.05, 3.63) is 39.3 Å². The fraction of sp³-hybridized carbons (Fsp3) is 0.286. The van der Waals surface area contributed by atoms with Crippen LogP contribution in [0.5, 0.6) is 5.75 Å². The van der Waals surface area contributed by atoms with Crippen LogP contribution in [-0.4, -0.2) is 18.0 Å². The zero-order valence-corrected chi connectivity index (χ0v) is 12.5. The van der Waals surface area contributed by atoms with E-state index in [0.717, 1.165) is 16.3 Å². The number of nitrogen functional groups attached to an aromatic ring is 1. The van der Waals surface area contributed by atoms with Gasteiger partial charge in [-0.2, -0.15) is 0 Å². The van der Waals surface area contributed by atoms with Gasteiger partial charge >= 0.3 is 0 Å². The number of nitrogens with two attached hydrogens (primary N) is 1. The number of carbonyl (C=O) groups excluding carboxylic acids is 1. The molecule has 1 amide bonds. The van der Waals surface area contributed by atoms with Crippen LogP contribution in [0.15, 0.2) is 18.2 Å². The van der Waals surface area contributed by atoms with Crippen LogP contribution in [0.2, 0.25) is 0 Å². The fourth-order valence-corrected chi connectivity index (χ4v) is 2.73. The Morgan fingerprint density at radius 1 is 1.45 bits per heavy atom. The van der Waals surface area contributed by atoms with Crippen molar-refractivity contribution in [1.29, 1.82) is 0 Å². The van der Waals surface area contributed by atoms with Crippen LogP contribution in [0.25, 0.3) is 0 Å². The molecule has 0 saturated carbocycles. The third-order valence-electron chi connectivity index (χ3n) is 2.86. The van der Waals surface area contributed by atoms with Gasteiger partial charge in [0, 0.05) is 6.54 Å². The molecule has 1 aromatic carbocycles. The van der Waals surface area contributed by atoms with Crippen LogP contribution in [0, 0.1) is 13.8 Å². The molecule has 6 heteroatoms. The van der Waals surface area contributed by atoms with Crippen LogP contribution >= 0.6 is 11.3 Å². The zero-order valence-electron chi connectivity index (χ0n) is 11.7. The van der Waals surface area contributed by atoms with Gasteiger partial charge in [0.1, 0.15) is 10.6 Å². The highest BCUT2D eigenvalue weighted by Crippen LogP contribution is 2.22. The van der Waals surface area contributed by atoms with Gasteiger partial charge < -0.3 is 15.8 Å². The largest absolute Gasteiger partial charge is 0.495 e. The predicted molar refractivity (Wildman–Crippen MR) is 80.2 cm³/mol. The molecule has 0 aliphatic carbocycles. The molecule has 0 radical (unpaired) electrons. The van der Waals surface area contributed by atoms with Crippen molar-refractivity contribution < 1.29 is 9.53 Å². The second-order valence-electron chi connectivity index (χ2n) is 4.41. The number of ether oxygens (including phenoxy) is 1. The van der Waals surface area contributed by atoms with Gasteiger partial charge in [-0.25, -0.2) is 4.98 Å². The van der Waals surface area contributed by atoms with Gasteiger partial charge in [-0.05, 0) is 31.5 Å². The standard InChI is InChI=1S/C14H17N3O2S/c1-8-13(20-9(2)17-8)14(18)16-7-10-4-5-12(19-3)11(15)6-10/h4-6H,7,15H2,1-3H3,(H,16,18). The highest BCUT2D eigenvalue weighted by atomic mass is 32.1. The smallest absolute Gasteiger partial charge is 0.263 e. The zero-order chi connectivity index (χ0) is 14.7. The van der Waals surface area contributed by atoms with E-state index in [2.05, 4.69) is 10.3 Å². The highest BCUT2D eigenvalue weighted by molar-refractivity contribution is 7.13. The van der Waals surface area contributed by atoms with E-state index < -0.39 is 0 Å². The van der Waals surface area contributed by atoms with Crippen molar-refractivity contribution in [2.75, 3.05) is 12.8 Å². The number of nitrogens with zero attached hydrogens (tertiary/aromatic N) is 1. The molecular formula is C14H17N3O2S. The summed E-state index contributed by atoms with van der Waals surface area (Å²) in [5.41, 5.74) is 8.08. The Labute approximate surface area is 121 Å². The first kappa shape index (κ1) is 14.3. The van der Waals surface area contributed by atoms with Gasteiger partial charge in [0.15, 0.2) is 0 Å². The first-order valence-electron chi connectivity index (χ1n) is 6.16. The summed E-state index contributed by atoms with van der Waals surface area (Å²) in [7, 11) is 1.57. The molecule has 106 valence electrons. The third-order valence-corrected chi connectivity index (χ3v) is 3.93. The molecule has 2 rings (SSSR count). The quantitative estimate of drug-likeness (QED) is 0.847. The van der Waals surface area contributed by atoms with Crippen LogP contribution in [0.4, 0.5) is 5.69 Å². The maximum atomic E-state index is 12.1. The van der Waals surface area contributed by atoms with Gasteiger partial charge in [-0.3, -0.25) is 4.79 Å².